The smallest absolute Gasteiger partial charge is 0.0991 e. The fourth-order valence-corrected chi connectivity index (χ4v) is 8.78. The van der Waals surface area contributed by atoms with Gasteiger partial charge in [-0.25, -0.2) is 4.98 Å². The number of piperazine rings is 1. The van der Waals surface area contributed by atoms with Crippen LogP contribution in [0.15, 0.2) is 140 Å². The van der Waals surface area contributed by atoms with Gasteiger partial charge in [0.25, 0.3) is 0 Å². The molecule has 77 heavy (non-hydrogen) atoms. The van der Waals surface area contributed by atoms with Crippen LogP contribution in [0.4, 0.5) is 22.7 Å². The number of aromatic nitrogens is 2. The quantitative estimate of drug-likeness (QED) is 0.0829. The molecule has 0 saturated carbocycles. The Morgan fingerprint density at radius 3 is 1.26 bits per heavy atom. The summed E-state index contributed by atoms with van der Waals surface area (Å²) >= 11 is 0. The first-order valence-electron chi connectivity index (χ1n) is 28.9. The van der Waals surface area contributed by atoms with E-state index in [0.717, 1.165) is 31.9 Å². The summed E-state index contributed by atoms with van der Waals surface area (Å²) < 4.78 is 2.00. The number of likely N-dealkylation sites (tertiary alicyclic amines) is 1. The van der Waals surface area contributed by atoms with Gasteiger partial charge in [-0.15, -0.1) is 0 Å². The zero-order valence-corrected chi connectivity index (χ0v) is 50.9. The molecule has 0 bridgehead atoms. The van der Waals surface area contributed by atoms with Crippen LogP contribution in [0, 0.1) is 0 Å². The summed E-state index contributed by atoms with van der Waals surface area (Å²) in [5.74, 6) is 3.06. The monoisotopic (exact) mass is 1050 g/mol. The van der Waals surface area contributed by atoms with Gasteiger partial charge < -0.3 is 40.1 Å². The molecule has 0 spiro atoms. The van der Waals surface area contributed by atoms with E-state index in [1.54, 1.807) is 6.20 Å². The minimum absolute atomic E-state index is 0.590. The zero-order valence-electron chi connectivity index (χ0n) is 50.9. The minimum atomic E-state index is 0.590. The van der Waals surface area contributed by atoms with Crippen molar-refractivity contribution < 1.29 is 0 Å². The van der Waals surface area contributed by atoms with Crippen molar-refractivity contribution in [2.75, 3.05) is 129 Å². The Kier molecular flexibility index (Phi) is 28.4. The molecular formula is C67H104N10. The topological polar surface area (TPSA) is 70.1 Å². The van der Waals surface area contributed by atoms with Gasteiger partial charge in [-0.05, 0) is 172 Å². The Labute approximate surface area is 469 Å². The Morgan fingerprint density at radius 2 is 0.870 bits per heavy atom. The molecular weight excluding hydrogens is 945 g/mol. The number of hydrogen-bond donors (Lipinski definition) is 3. The van der Waals surface area contributed by atoms with E-state index < -0.39 is 0 Å². The average Bonchev–Trinajstić information content (AvgIpc) is 3.97. The highest BCUT2D eigenvalue weighted by molar-refractivity contribution is 5.48. The number of benzene rings is 5. The summed E-state index contributed by atoms with van der Waals surface area (Å²) in [5, 5.41) is 10.6. The van der Waals surface area contributed by atoms with Gasteiger partial charge in [-0.3, -0.25) is 4.90 Å². The molecule has 3 heterocycles. The number of piperidine rings is 1. The number of imidazole rings is 1. The normalized spacial score (nSPS) is 14.3. The first-order valence-corrected chi connectivity index (χ1v) is 28.9. The molecule has 6 aromatic rings. The van der Waals surface area contributed by atoms with E-state index in [1.165, 1.54) is 103 Å². The minimum Gasteiger partial charge on any atom is -0.384 e. The molecule has 0 radical (unpaired) electrons. The Balaban J connectivity index is 0.000000210. The van der Waals surface area contributed by atoms with E-state index >= 15 is 0 Å². The SMILES string of the molecule is CC(C)c1ccc(-n2ccnc2)cc1.CC(C)c1ccc(N(C)C)cc1.CC(C)c1ccc(NC2CCN(C)CC2)cc1.CC(C)c1ccc(NCCN(C)C)cc1.CC(C)c1ccc(NCCN2CCN(C)CC2)cc1. The summed E-state index contributed by atoms with van der Waals surface area (Å²) in [6.07, 6.45) is 8.05. The lowest BCUT2D eigenvalue weighted by Crippen LogP contribution is -2.45. The van der Waals surface area contributed by atoms with Gasteiger partial charge >= 0.3 is 0 Å². The van der Waals surface area contributed by atoms with E-state index in [-0.39, 0.29) is 0 Å². The van der Waals surface area contributed by atoms with Crippen LogP contribution in [-0.2, 0) is 0 Å². The molecule has 2 aliphatic heterocycles. The third kappa shape index (κ3) is 24.7. The Morgan fingerprint density at radius 1 is 0.481 bits per heavy atom. The molecule has 1 aromatic heterocycles. The molecule has 0 amide bonds. The molecule has 2 aliphatic rings. The zero-order chi connectivity index (χ0) is 56.3. The van der Waals surface area contributed by atoms with E-state index in [0.29, 0.717) is 35.6 Å². The highest BCUT2D eigenvalue weighted by atomic mass is 15.2. The second-order valence-corrected chi connectivity index (χ2v) is 23.2. The third-order valence-electron chi connectivity index (χ3n) is 14.5. The molecule has 2 fully saturated rings. The van der Waals surface area contributed by atoms with Gasteiger partial charge in [0.1, 0.15) is 0 Å². The second kappa shape index (κ2) is 34.3. The van der Waals surface area contributed by atoms with Crippen LogP contribution in [0.3, 0.4) is 0 Å². The number of rotatable bonds is 17. The molecule has 3 N–H and O–H groups in total. The maximum atomic E-state index is 4.02. The fraction of sp³-hybridized carbons (Fsp3) is 0.507. The molecule has 10 nitrogen and oxygen atoms in total. The van der Waals surface area contributed by atoms with Crippen molar-refractivity contribution in [2.45, 2.75) is 118 Å². The third-order valence-corrected chi connectivity index (χ3v) is 14.5. The summed E-state index contributed by atoms with van der Waals surface area (Å²) in [7, 11) is 12.7. The van der Waals surface area contributed by atoms with Gasteiger partial charge in [0.05, 0.1) is 6.33 Å². The van der Waals surface area contributed by atoms with Crippen LogP contribution in [0.1, 0.15) is 139 Å². The van der Waals surface area contributed by atoms with Crippen molar-refractivity contribution >= 4 is 22.7 Å². The maximum absolute atomic E-state index is 4.02. The van der Waals surface area contributed by atoms with Gasteiger partial charge in [0, 0.05) is 113 Å². The molecule has 2 saturated heterocycles. The fourth-order valence-electron chi connectivity index (χ4n) is 8.78. The van der Waals surface area contributed by atoms with Crippen LogP contribution >= 0.6 is 0 Å². The Bertz CT molecular complexity index is 2360. The standard InChI is InChI=1S/C16H27N3.C15H24N2.C13H22N2.C12H14N2.C11H17N/c1-14(2)15-4-6-16(7-5-15)17-8-9-19-12-10-18(3)11-13-19;1-12(2)13-4-6-14(7-5-13)16-15-8-10-17(3)11-9-15;1-11(2)12-5-7-13(8-6-12)14-9-10-15(3)4;1-10(2)11-3-5-12(6-4-11)14-8-7-13-9-14;1-9(2)10-5-7-11(8-6-10)12(3)4/h4-7,14,17H,8-13H2,1-3H3;4-7,12,15-16H,8-11H2,1-3H3;5-8,11,14H,9-10H2,1-4H3;3-10H,1-2H3;5-9H,1-4H3. The second-order valence-electron chi connectivity index (χ2n) is 23.2. The summed E-state index contributed by atoms with van der Waals surface area (Å²) in [6, 6.07) is 44.4. The summed E-state index contributed by atoms with van der Waals surface area (Å²) in [6.45, 7) is 33.6. The van der Waals surface area contributed by atoms with Gasteiger partial charge in [0.2, 0.25) is 0 Å². The first kappa shape index (κ1) is 63.9. The number of anilines is 4. The van der Waals surface area contributed by atoms with Crippen molar-refractivity contribution in [1.29, 1.82) is 0 Å². The lowest BCUT2D eigenvalue weighted by atomic mass is 10.0. The van der Waals surface area contributed by atoms with Crippen molar-refractivity contribution in [3.8, 4) is 5.69 Å². The predicted molar refractivity (Wildman–Crippen MR) is 338 cm³/mol. The van der Waals surface area contributed by atoms with Crippen molar-refractivity contribution in [3.05, 3.63) is 168 Å². The van der Waals surface area contributed by atoms with Crippen LogP contribution in [0.2, 0.25) is 0 Å². The van der Waals surface area contributed by atoms with E-state index in [1.807, 2.05) is 17.1 Å². The lowest BCUT2D eigenvalue weighted by molar-refractivity contribution is 0.158. The van der Waals surface area contributed by atoms with E-state index in [9.17, 15) is 0 Å². The highest BCUT2D eigenvalue weighted by Crippen LogP contribution is 2.22. The molecule has 0 atom stereocenters. The number of nitrogens with one attached hydrogen (secondary N) is 3. The van der Waals surface area contributed by atoms with Gasteiger partial charge in [-0.1, -0.05) is 130 Å². The van der Waals surface area contributed by atoms with Crippen LogP contribution < -0.4 is 20.9 Å². The summed E-state index contributed by atoms with van der Waals surface area (Å²) in [5.41, 5.74) is 13.1. The van der Waals surface area contributed by atoms with E-state index in [2.05, 4.69) is 278 Å². The van der Waals surface area contributed by atoms with Gasteiger partial charge in [-0.2, -0.15) is 0 Å². The van der Waals surface area contributed by atoms with Crippen LogP contribution in [-0.4, -0.2) is 143 Å². The van der Waals surface area contributed by atoms with Gasteiger partial charge in [0.15, 0.2) is 0 Å². The molecule has 8 rings (SSSR count). The summed E-state index contributed by atoms with van der Waals surface area (Å²) in [4.78, 5) is 15.6. The molecule has 5 aromatic carbocycles. The largest absolute Gasteiger partial charge is 0.384 e. The number of hydrogen-bond acceptors (Lipinski definition) is 9. The number of nitrogens with zero attached hydrogens (tertiary/aromatic N) is 7. The predicted octanol–water partition coefficient (Wildman–Crippen LogP) is 14.4. The maximum Gasteiger partial charge on any atom is 0.0991 e. The molecule has 0 unspecified atom stereocenters. The highest BCUT2D eigenvalue weighted by Gasteiger charge is 2.16. The van der Waals surface area contributed by atoms with Crippen molar-refractivity contribution in [3.63, 3.8) is 0 Å². The average molecular weight is 1050 g/mol. The van der Waals surface area contributed by atoms with Crippen LogP contribution in [0.5, 0.6) is 0 Å². The van der Waals surface area contributed by atoms with E-state index in [4.69, 9.17) is 0 Å². The number of likely N-dealkylation sites (N-methyl/N-ethyl adjacent to an activating group) is 2. The first-order chi connectivity index (χ1) is 36.8. The van der Waals surface area contributed by atoms with Crippen molar-refractivity contribution in [2.24, 2.45) is 0 Å². The molecule has 422 valence electrons. The molecule has 0 aliphatic carbocycles. The Hall–Kier alpha value is -5.65. The van der Waals surface area contributed by atoms with Crippen LogP contribution in [0.25, 0.3) is 5.69 Å². The lowest BCUT2D eigenvalue weighted by Gasteiger charge is -2.32. The molecule has 10 heteroatoms. The van der Waals surface area contributed by atoms with Crippen molar-refractivity contribution in [1.82, 2.24) is 29.2 Å².